The van der Waals surface area contributed by atoms with Crippen molar-refractivity contribution in [3.63, 3.8) is 0 Å². The fourth-order valence-corrected chi connectivity index (χ4v) is 1.79. The van der Waals surface area contributed by atoms with Crippen molar-refractivity contribution >= 4 is 5.91 Å². The number of pyridine rings is 1. The maximum Gasteiger partial charge on any atom is 0.225 e. The second kappa shape index (κ2) is 6.26. The molecule has 0 aromatic carbocycles. The zero-order valence-corrected chi connectivity index (χ0v) is 10.3. The van der Waals surface area contributed by atoms with E-state index in [2.05, 4.69) is 18.8 Å². The lowest BCUT2D eigenvalue weighted by Crippen LogP contribution is -2.32. The minimum atomic E-state index is 0.154. The van der Waals surface area contributed by atoms with Gasteiger partial charge in [0.2, 0.25) is 5.91 Å². The Morgan fingerprint density at radius 3 is 2.62 bits per heavy atom. The van der Waals surface area contributed by atoms with E-state index in [9.17, 15) is 4.79 Å². The molecule has 0 atom stereocenters. The highest BCUT2D eigenvalue weighted by molar-refractivity contribution is 5.78. The highest BCUT2D eigenvalue weighted by Crippen LogP contribution is 2.12. The average Bonchev–Trinajstić information content (AvgIpc) is 2.31. The van der Waals surface area contributed by atoms with Crippen LogP contribution in [0, 0.1) is 5.92 Å². The summed E-state index contributed by atoms with van der Waals surface area (Å²) < 4.78 is 0. The van der Waals surface area contributed by atoms with E-state index >= 15 is 0 Å². The van der Waals surface area contributed by atoms with Crippen molar-refractivity contribution < 1.29 is 4.79 Å². The van der Waals surface area contributed by atoms with Crippen LogP contribution in [0.25, 0.3) is 0 Å². The quantitative estimate of drug-likeness (QED) is 0.763. The van der Waals surface area contributed by atoms with Crippen molar-refractivity contribution in [3.05, 3.63) is 30.1 Å². The summed E-state index contributed by atoms with van der Waals surface area (Å²) in [6.45, 7) is 4.76. The summed E-state index contributed by atoms with van der Waals surface area (Å²) in [6.07, 6.45) is 5.36. The minimum absolute atomic E-state index is 0.154. The van der Waals surface area contributed by atoms with Gasteiger partial charge in [-0.25, -0.2) is 0 Å². The van der Waals surface area contributed by atoms with Crippen molar-refractivity contribution in [1.82, 2.24) is 9.88 Å². The molecule has 88 valence electrons. The first kappa shape index (κ1) is 12.7. The lowest BCUT2D eigenvalue weighted by atomic mass is 10.0. The van der Waals surface area contributed by atoms with Gasteiger partial charge in [-0.15, -0.1) is 0 Å². The van der Waals surface area contributed by atoms with Crippen LogP contribution in [0.5, 0.6) is 0 Å². The molecule has 0 bridgehead atoms. The molecule has 3 heteroatoms. The molecule has 1 heterocycles. The molecule has 0 N–H and O–H groups in total. The molecule has 1 amide bonds. The van der Waals surface area contributed by atoms with Crippen molar-refractivity contribution in [1.29, 1.82) is 0 Å². The van der Waals surface area contributed by atoms with Crippen molar-refractivity contribution in [2.24, 2.45) is 5.92 Å². The van der Waals surface area contributed by atoms with E-state index in [-0.39, 0.29) is 11.8 Å². The molecule has 3 nitrogen and oxygen atoms in total. The molecule has 0 spiro atoms. The summed E-state index contributed by atoms with van der Waals surface area (Å²) >= 11 is 0. The SMILES string of the molecule is CCC(CC)C(=O)N(C)Cc1cccnc1. The molecule has 0 aliphatic rings. The van der Waals surface area contributed by atoms with Crippen molar-refractivity contribution in [2.75, 3.05) is 7.05 Å². The van der Waals surface area contributed by atoms with E-state index in [0.29, 0.717) is 6.54 Å². The zero-order chi connectivity index (χ0) is 12.0. The van der Waals surface area contributed by atoms with Gasteiger partial charge >= 0.3 is 0 Å². The number of rotatable bonds is 5. The lowest BCUT2D eigenvalue weighted by Gasteiger charge is -2.22. The maximum absolute atomic E-state index is 12.0. The van der Waals surface area contributed by atoms with Crippen LogP contribution in [0.3, 0.4) is 0 Å². The molecular formula is C13H20N2O. The van der Waals surface area contributed by atoms with Gasteiger partial charge in [0, 0.05) is 31.9 Å². The van der Waals surface area contributed by atoms with E-state index < -0.39 is 0 Å². The van der Waals surface area contributed by atoms with Crippen LogP contribution in [0.2, 0.25) is 0 Å². The van der Waals surface area contributed by atoms with Crippen LogP contribution in [-0.4, -0.2) is 22.8 Å². The molecule has 0 fully saturated rings. The van der Waals surface area contributed by atoms with Gasteiger partial charge < -0.3 is 4.90 Å². The van der Waals surface area contributed by atoms with E-state index in [1.165, 1.54) is 0 Å². The first-order chi connectivity index (χ1) is 7.69. The smallest absolute Gasteiger partial charge is 0.225 e. The topological polar surface area (TPSA) is 33.2 Å². The number of amides is 1. The van der Waals surface area contributed by atoms with E-state index in [1.807, 2.05) is 19.2 Å². The zero-order valence-electron chi connectivity index (χ0n) is 10.3. The van der Waals surface area contributed by atoms with Gasteiger partial charge in [0.15, 0.2) is 0 Å². The highest BCUT2D eigenvalue weighted by atomic mass is 16.2. The van der Waals surface area contributed by atoms with Gasteiger partial charge in [-0.05, 0) is 24.5 Å². The Morgan fingerprint density at radius 1 is 1.44 bits per heavy atom. The maximum atomic E-state index is 12.0. The molecule has 1 aromatic rings. The van der Waals surface area contributed by atoms with Crippen LogP contribution in [0.15, 0.2) is 24.5 Å². The molecule has 0 aliphatic carbocycles. The van der Waals surface area contributed by atoms with Gasteiger partial charge in [0.1, 0.15) is 0 Å². The predicted octanol–water partition coefficient (Wildman–Crippen LogP) is 2.48. The summed E-state index contributed by atoms with van der Waals surface area (Å²) in [7, 11) is 1.85. The molecule has 16 heavy (non-hydrogen) atoms. The van der Waals surface area contributed by atoms with Crippen LogP contribution in [0.4, 0.5) is 0 Å². The Morgan fingerprint density at radius 2 is 2.12 bits per heavy atom. The minimum Gasteiger partial charge on any atom is -0.341 e. The number of aromatic nitrogens is 1. The molecule has 0 saturated carbocycles. The van der Waals surface area contributed by atoms with Crippen LogP contribution in [-0.2, 0) is 11.3 Å². The highest BCUT2D eigenvalue weighted by Gasteiger charge is 2.18. The summed E-state index contributed by atoms with van der Waals surface area (Å²) in [5.41, 5.74) is 1.07. The van der Waals surface area contributed by atoms with Crippen molar-refractivity contribution in [3.8, 4) is 0 Å². The average molecular weight is 220 g/mol. The molecule has 0 saturated heterocycles. The normalized spacial score (nSPS) is 10.5. The Bertz CT molecular complexity index is 320. The number of carbonyl (C=O) groups is 1. The Balaban J connectivity index is 2.58. The lowest BCUT2D eigenvalue weighted by molar-refractivity contribution is -0.134. The Kier molecular flexibility index (Phi) is 4.96. The second-order valence-electron chi connectivity index (χ2n) is 4.07. The van der Waals surface area contributed by atoms with Gasteiger partial charge in [0.25, 0.3) is 0 Å². The number of carbonyl (C=O) groups excluding carboxylic acids is 1. The third kappa shape index (κ3) is 3.33. The predicted molar refractivity (Wildman–Crippen MR) is 64.8 cm³/mol. The van der Waals surface area contributed by atoms with E-state index in [0.717, 1.165) is 18.4 Å². The molecule has 0 unspecified atom stereocenters. The third-order valence-corrected chi connectivity index (χ3v) is 2.85. The summed E-state index contributed by atoms with van der Waals surface area (Å²) in [5, 5.41) is 0. The Hall–Kier alpha value is -1.38. The van der Waals surface area contributed by atoms with Gasteiger partial charge in [-0.2, -0.15) is 0 Å². The number of nitrogens with zero attached hydrogens (tertiary/aromatic N) is 2. The van der Waals surface area contributed by atoms with Gasteiger partial charge in [-0.1, -0.05) is 19.9 Å². The van der Waals surface area contributed by atoms with Crippen LogP contribution >= 0.6 is 0 Å². The Labute approximate surface area is 97.5 Å². The van der Waals surface area contributed by atoms with Crippen molar-refractivity contribution in [2.45, 2.75) is 33.2 Å². The van der Waals surface area contributed by atoms with E-state index in [4.69, 9.17) is 0 Å². The monoisotopic (exact) mass is 220 g/mol. The third-order valence-electron chi connectivity index (χ3n) is 2.85. The van der Waals surface area contributed by atoms with E-state index in [1.54, 1.807) is 17.3 Å². The summed E-state index contributed by atoms with van der Waals surface area (Å²) in [4.78, 5) is 17.8. The van der Waals surface area contributed by atoms with Gasteiger partial charge in [0.05, 0.1) is 0 Å². The fraction of sp³-hybridized carbons (Fsp3) is 0.538. The largest absolute Gasteiger partial charge is 0.341 e. The van der Waals surface area contributed by atoms with Gasteiger partial charge in [-0.3, -0.25) is 9.78 Å². The fourth-order valence-electron chi connectivity index (χ4n) is 1.79. The van der Waals surface area contributed by atoms with Crippen LogP contribution < -0.4 is 0 Å². The molecule has 0 aliphatic heterocycles. The standard InChI is InChI=1S/C13H20N2O/c1-4-12(5-2)13(16)15(3)10-11-7-6-8-14-9-11/h6-9,12H,4-5,10H2,1-3H3. The molecule has 0 radical (unpaired) electrons. The first-order valence-electron chi connectivity index (χ1n) is 5.82. The molecule has 1 aromatic heterocycles. The first-order valence-corrected chi connectivity index (χ1v) is 5.82. The van der Waals surface area contributed by atoms with Crippen LogP contribution in [0.1, 0.15) is 32.3 Å². The summed E-state index contributed by atoms with van der Waals surface area (Å²) in [6, 6.07) is 3.88. The molecular weight excluding hydrogens is 200 g/mol. The molecule has 1 rings (SSSR count). The summed E-state index contributed by atoms with van der Waals surface area (Å²) in [5.74, 6) is 0.385. The number of hydrogen-bond donors (Lipinski definition) is 0. The second-order valence-corrected chi connectivity index (χ2v) is 4.07. The number of hydrogen-bond acceptors (Lipinski definition) is 2.